The van der Waals surface area contributed by atoms with Crippen molar-refractivity contribution in [2.24, 2.45) is 4.99 Å². The fourth-order valence-electron chi connectivity index (χ4n) is 2.97. The van der Waals surface area contributed by atoms with Crippen LogP contribution in [0.25, 0.3) is 0 Å². The molecule has 2 heterocycles. The van der Waals surface area contributed by atoms with Crippen LogP contribution in [0.4, 0.5) is 0 Å². The van der Waals surface area contributed by atoms with Crippen molar-refractivity contribution in [1.82, 2.24) is 19.8 Å². The van der Waals surface area contributed by atoms with Gasteiger partial charge < -0.3 is 24.3 Å². The second kappa shape index (κ2) is 11.9. The van der Waals surface area contributed by atoms with Crippen LogP contribution in [0.5, 0.6) is 0 Å². The van der Waals surface area contributed by atoms with Crippen molar-refractivity contribution < 1.29 is 9.47 Å². The fraction of sp³-hybridized carbons (Fsp3) is 0.778. The highest BCUT2D eigenvalue weighted by molar-refractivity contribution is 5.80. The molecule has 142 valence electrons. The van der Waals surface area contributed by atoms with E-state index in [1.165, 1.54) is 0 Å². The van der Waals surface area contributed by atoms with E-state index < -0.39 is 0 Å². The highest BCUT2D eigenvalue weighted by Gasteiger charge is 2.21. The fourth-order valence-corrected chi connectivity index (χ4v) is 2.97. The van der Waals surface area contributed by atoms with E-state index in [-0.39, 0.29) is 0 Å². The van der Waals surface area contributed by atoms with E-state index in [0.29, 0.717) is 6.10 Å². The summed E-state index contributed by atoms with van der Waals surface area (Å²) in [6.45, 7) is 8.37. The summed E-state index contributed by atoms with van der Waals surface area (Å²) in [7, 11) is 1.73. The van der Waals surface area contributed by atoms with Gasteiger partial charge >= 0.3 is 0 Å². The molecular formula is C18H33N5O2. The zero-order valence-corrected chi connectivity index (χ0v) is 15.7. The summed E-state index contributed by atoms with van der Waals surface area (Å²) in [5.74, 6) is 1.03. The maximum atomic E-state index is 5.94. The number of hydrogen-bond acceptors (Lipinski definition) is 4. The van der Waals surface area contributed by atoms with Gasteiger partial charge in [0.25, 0.3) is 0 Å². The molecule has 1 aromatic heterocycles. The number of hydrogen-bond donors (Lipinski definition) is 1. The molecule has 0 aromatic carbocycles. The number of aryl methyl sites for hydroxylation is 1. The molecule has 0 bridgehead atoms. The van der Waals surface area contributed by atoms with Crippen LogP contribution in [0.3, 0.4) is 0 Å². The molecule has 7 nitrogen and oxygen atoms in total. The molecule has 25 heavy (non-hydrogen) atoms. The first kappa shape index (κ1) is 19.7. The molecule has 1 N–H and O–H groups in total. The Morgan fingerprint density at radius 2 is 2.12 bits per heavy atom. The van der Waals surface area contributed by atoms with Gasteiger partial charge in [-0.25, -0.2) is 4.98 Å². The molecule has 0 unspecified atom stereocenters. The number of imidazole rings is 1. The minimum atomic E-state index is 0.372. The molecule has 1 aliphatic rings. The Hall–Kier alpha value is -1.60. The van der Waals surface area contributed by atoms with E-state index in [1.54, 1.807) is 7.11 Å². The van der Waals surface area contributed by atoms with Gasteiger partial charge in [0, 0.05) is 65.4 Å². The predicted octanol–water partition coefficient (Wildman–Crippen LogP) is 1.76. The van der Waals surface area contributed by atoms with Crippen LogP contribution in [0.15, 0.2) is 23.7 Å². The number of piperidine rings is 1. The lowest BCUT2D eigenvalue weighted by atomic mass is 10.1. The molecule has 7 heteroatoms. The first-order valence-electron chi connectivity index (χ1n) is 9.43. The summed E-state index contributed by atoms with van der Waals surface area (Å²) in [6, 6.07) is 0. The first-order chi connectivity index (χ1) is 12.3. The van der Waals surface area contributed by atoms with Crippen LogP contribution in [-0.4, -0.2) is 73.0 Å². The molecule has 1 aliphatic heterocycles. The smallest absolute Gasteiger partial charge is 0.193 e. The quantitative estimate of drug-likeness (QED) is 0.395. The lowest BCUT2D eigenvalue weighted by molar-refractivity contribution is 0.00990. The lowest BCUT2D eigenvalue weighted by Gasteiger charge is -2.34. The van der Waals surface area contributed by atoms with E-state index in [9.17, 15) is 0 Å². The SMILES string of the molecule is CCNC(=NCCCn1ccnc1)N1CCC(OCCCOC)CC1. The van der Waals surface area contributed by atoms with E-state index in [2.05, 4.69) is 26.7 Å². The summed E-state index contributed by atoms with van der Waals surface area (Å²) in [4.78, 5) is 11.2. The number of ether oxygens (including phenoxy) is 2. The minimum Gasteiger partial charge on any atom is -0.385 e. The van der Waals surface area contributed by atoms with Gasteiger partial charge in [-0.05, 0) is 32.6 Å². The normalized spacial score (nSPS) is 16.4. The van der Waals surface area contributed by atoms with Crippen LogP contribution >= 0.6 is 0 Å². The number of aromatic nitrogens is 2. The third-order valence-electron chi connectivity index (χ3n) is 4.32. The maximum absolute atomic E-state index is 5.94. The maximum Gasteiger partial charge on any atom is 0.193 e. The average Bonchev–Trinajstić information content (AvgIpc) is 3.15. The highest BCUT2D eigenvalue weighted by atomic mass is 16.5. The largest absolute Gasteiger partial charge is 0.385 e. The van der Waals surface area contributed by atoms with Crippen molar-refractivity contribution in [2.45, 2.75) is 45.3 Å². The summed E-state index contributed by atoms with van der Waals surface area (Å²) >= 11 is 0. The van der Waals surface area contributed by atoms with E-state index in [4.69, 9.17) is 14.5 Å². The molecule has 1 saturated heterocycles. The molecule has 0 amide bonds. The number of methoxy groups -OCH3 is 1. The number of aliphatic imine (C=N–C) groups is 1. The Kier molecular flexibility index (Phi) is 9.36. The van der Waals surface area contributed by atoms with Crippen molar-refractivity contribution in [1.29, 1.82) is 0 Å². The summed E-state index contributed by atoms with van der Waals surface area (Å²) in [6.07, 6.45) is 10.1. The van der Waals surface area contributed by atoms with Gasteiger partial charge in [-0.15, -0.1) is 0 Å². The molecule has 0 aliphatic carbocycles. The summed E-state index contributed by atoms with van der Waals surface area (Å²) in [5.41, 5.74) is 0. The standard InChI is InChI=1S/C18H33N5O2/c1-3-20-18(21-8-4-10-22-13-9-19-16-22)23-11-6-17(7-12-23)25-15-5-14-24-2/h9,13,16-17H,3-8,10-12,14-15H2,1-2H3,(H,20,21). The number of nitrogens with one attached hydrogen (secondary N) is 1. The Morgan fingerprint density at radius 3 is 2.80 bits per heavy atom. The van der Waals surface area contributed by atoms with Crippen LogP contribution < -0.4 is 5.32 Å². The molecule has 0 spiro atoms. The molecule has 0 saturated carbocycles. The Bertz CT molecular complexity index is 470. The van der Waals surface area contributed by atoms with Gasteiger partial charge in [0.2, 0.25) is 0 Å². The van der Waals surface area contributed by atoms with Crippen molar-refractivity contribution in [3.63, 3.8) is 0 Å². The van der Waals surface area contributed by atoms with Crippen molar-refractivity contribution in [2.75, 3.05) is 46.5 Å². The topological polar surface area (TPSA) is 63.9 Å². The van der Waals surface area contributed by atoms with E-state index in [0.717, 1.165) is 77.6 Å². The van der Waals surface area contributed by atoms with Gasteiger partial charge in [0.15, 0.2) is 5.96 Å². The highest BCUT2D eigenvalue weighted by Crippen LogP contribution is 2.14. The molecular weight excluding hydrogens is 318 g/mol. The lowest BCUT2D eigenvalue weighted by Crippen LogP contribution is -2.47. The Labute approximate surface area is 151 Å². The minimum absolute atomic E-state index is 0.372. The van der Waals surface area contributed by atoms with Gasteiger partial charge in [-0.1, -0.05) is 0 Å². The van der Waals surface area contributed by atoms with Gasteiger partial charge in [0.05, 0.1) is 12.4 Å². The first-order valence-corrected chi connectivity index (χ1v) is 9.43. The zero-order chi connectivity index (χ0) is 17.7. The third-order valence-corrected chi connectivity index (χ3v) is 4.32. The zero-order valence-electron chi connectivity index (χ0n) is 15.7. The second-order valence-corrected chi connectivity index (χ2v) is 6.29. The van der Waals surface area contributed by atoms with Crippen molar-refractivity contribution in [3.8, 4) is 0 Å². The van der Waals surface area contributed by atoms with Crippen molar-refractivity contribution >= 4 is 5.96 Å². The second-order valence-electron chi connectivity index (χ2n) is 6.29. The Morgan fingerprint density at radius 1 is 1.28 bits per heavy atom. The van der Waals surface area contributed by atoms with E-state index >= 15 is 0 Å². The van der Waals surface area contributed by atoms with Gasteiger partial charge in [0.1, 0.15) is 0 Å². The van der Waals surface area contributed by atoms with Gasteiger partial charge in [-0.3, -0.25) is 4.99 Å². The Balaban J connectivity index is 1.69. The summed E-state index contributed by atoms with van der Waals surface area (Å²) in [5, 5.41) is 3.42. The number of likely N-dealkylation sites (tertiary alicyclic amines) is 1. The van der Waals surface area contributed by atoms with E-state index in [1.807, 2.05) is 18.7 Å². The number of guanidine groups is 1. The molecule has 2 rings (SSSR count). The molecule has 0 atom stereocenters. The number of nitrogens with zero attached hydrogens (tertiary/aromatic N) is 4. The van der Waals surface area contributed by atoms with Crippen molar-refractivity contribution in [3.05, 3.63) is 18.7 Å². The predicted molar refractivity (Wildman–Crippen MR) is 99.9 cm³/mol. The third kappa shape index (κ3) is 7.44. The monoisotopic (exact) mass is 351 g/mol. The van der Waals surface area contributed by atoms with Crippen LogP contribution in [0.1, 0.15) is 32.6 Å². The van der Waals surface area contributed by atoms with Crippen LogP contribution in [0.2, 0.25) is 0 Å². The van der Waals surface area contributed by atoms with Crippen LogP contribution in [0, 0.1) is 0 Å². The number of rotatable bonds is 10. The molecule has 0 radical (unpaired) electrons. The van der Waals surface area contributed by atoms with Crippen LogP contribution in [-0.2, 0) is 16.0 Å². The average molecular weight is 351 g/mol. The summed E-state index contributed by atoms with van der Waals surface area (Å²) < 4.78 is 13.1. The molecule has 1 fully saturated rings. The van der Waals surface area contributed by atoms with Gasteiger partial charge in [-0.2, -0.15) is 0 Å². The molecule has 1 aromatic rings.